The van der Waals surface area contributed by atoms with Gasteiger partial charge in [-0.15, -0.1) is 0 Å². The van der Waals surface area contributed by atoms with Gasteiger partial charge in [-0.05, 0) is 39.7 Å². The number of likely N-dealkylation sites (N-methyl/N-ethyl adjacent to an activating group) is 1. The Labute approximate surface area is 111 Å². The van der Waals surface area contributed by atoms with Crippen molar-refractivity contribution in [2.75, 3.05) is 20.1 Å². The minimum Gasteiger partial charge on any atom is -0.337 e. The smallest absolute Gasteiger partial charge is 0.240 e. The normalized spacial score (nSPS) is 22.3. The van der Waals surface area contributed by atoms with E-state index in [1.165, 1.54) is 0 Å². The number of amides is 1. The molecule has 0 aliphatic carbocycles. The first-order valence-electron chi connectivity index (χ1n) is 7.11. The van der Waals surface area contributed by atoms with Crippen LogP contribution in [0.2, 0.25) is 0 Å². The van der Waals surface area contributed by atoms with Crippen LogP contribution in [0.4, 0.5) is 0 Å². The highest BCUT2D eigenvalue weighted by molar-refractivity contribution is 5.82. The van der Waals surface area contributed by atoms with Crippen LogP contribution >= 0.6 is 0 Å². The zero-order chi connectivity index (χ0) is 13.9. The van der Waals surface area contributed by atoms with Crippen LogP contribution in [-0.2, 0) is 4.79 Å². The quantitative estimate of drug-likeness (QED) is 0.805. The van der Waals surface area contributed by atoms with Gasteiger partial charge in [-0.3, -0.25) is 4.79 Å². The lowest BCUT2D eigenvalue weighted by atomic mass is 10.0. The van der Waals surface area contributed by atoms with Crippen LogP contribution in [0.5, 0.6) is 0 Å². The summed E-state index contributed by atoms with van der Waals surface area (Å²) in [5.41, 5.74) is 5.99. The average molecular weight is 255 g/mol. The molecule has 0 spiro atoms. The van der Waals surface area contributed by atoms with Crippen LogP contribution in [0.1, 0.15) is 40.5 Å². The van der Waals surface area contributed by atoms with E-state index < -0.39 is 0 Å². The molecule has 1 heterocycles. The van der Waals surface area contributed by atoms with Crippen LogP contribution in [0.15, 0.2) is 0 Å². The highest BCUT2D eigenvalue weighted by atomic mass is 16.2. The summed E-state index contributed by atoms with van der Waals surface area (Å²) in [6, 6.07) is 0.506. The van der Waals surface area contributed by atoms with Crippen molar-refractivity contribution in [1.82, 2.24) is 9.80 Å². The molecule has 0 saturated carbocycles. The largest absolute Gasteiger partial charge is 0.337 e. The van der Waals surface area contributed by atoms with Gasteiger partial charge in [0.2, 0.25) is 5.91 Å². The highest BCUT2D eigenvalue weighted by Gasteiger charge is 2.33. The number of rotatable bonds is 5. The van der Waals surface area contributed by atoms with Gasteiger partial charge >= 0.3 is 0 Å². The number of hydrogen-bond donors (Lipinski definition) is 1. The summed E-state index contributed by atoms with van der Waals surface area (Å²) in [6.45, 7) is 10.2. The fourth-order valence-corrected chi connectivity index (χ4v) is 2.34. The molecule has 2 atom stereocenters. The van der Waals surface area contributed by atoms with E-state index in [2.05, 4.69) is 25.8 Å². The first-order chi connectivity index (χ1) is 8.34. The van der Waals surface area contributed by atoms with Crippen molar-refractivity contribution in [3.63, 3.8) is 0 Å². The maximum absolute atomic E-state index is 12.3. The average Bonchev–Trinajstić information content (AvgIpc) is 2.74. The zero-order valence-corrected chi connectivity index (χ0v) is 12.5. The molecule has 1 aliphatic heterocycles. The summed E-state index contributed by atoms with van der Waals surface area (Å²) in [5.74, 6) is 0.339. The van der Waals surface area contributed by atoms with E-state index >= 15 is 0 Å². The molecule has 2 N–H and O–H groups in total. The standard InChI is InChI=1S/C14H29N3O/c1-10(2)13(15)14(18)17-8-6-7-12(17)9-16(5)11(3)4/h10-13H,6-9,15H2,1-5H3/t12?,13-/m0/s1. The Hall–Kier alpha value is -0.610. The molecule has 1 saturated heterocycles. The predicted molar refractivity (Wildman–Crippen MR) is 75.3 cm³/mol. The lowest BCUT2D eigenvalue weighted by Crippen LogP contribution is -2.51. The molecule has 0 aromatic heterocycles. The third-order valence-corrected chi connectivity index (χ3v) is 4.04. The number of carbonyl (C=O) groups is 1. The minimum absolute atomic E-state index is 0.129. The van der Waals surface area contributed by atoms with Gasteiger partial charge in [-0.25, -0.2) is 0 Å². The van der Waals surface area contributed by atoms with Crippen molar-refractivity contribution < 1.29 is 4.79 Å². The summed E-state index contributed by atoms with van der Waals surface area (Å²) in [4.78, 5) is 16.6. The number of nitrogens with zero attached hydrogens (tertiary/aromatic N) is 2. The molecule has 1 amide bonds. The van der Waals surface area contributed by atoms with E-state index in [-0.39, 0.29) is 17.9 Å². The second kappa shape index (κ2) is 6.53. The molecule has 4 heteroatoms. The minimum atomic E-state index is -0.352. The molecule has 4 nitrogen and oxygen atoms in total. The van der Waals surface area contributed by atoms with Gasteiger partial charge in [-0.1, -0.05) is 13.8 Å². The molecule has 0 aromatic rings. The maximum Gasteiger partial charge on any atom is 0.240 e. The lowest BCUT2D eigenvalue weighted by Gasteiger charge is -2.32. The van der Waals surface area contributed by atoms with Crippen molar-refractivity contribution in [1.29, 1.82) is 0 Å². The summed E-state index contributed by atoms with van der Waals surface area (Å²) >= 11 is 0. The third kappa shape index (κ3) is 3.69. The van der Waals surface area contributed by atoms with Gasteiger partial charge in [0, 0.05) is 25.2 Å². The predicted octanol–water partition coefficient (Wildman–Crippen LogP) is 1.30. The second-order valence-electron chi connectivity index (χ2n) is 6.13. The van der Waals surface area contributed by atoms with E-state index in [9.17, 15) is 4.79 Å². The second-order valence-corrected chi connectivity index (χ2v) is 6.13. The first kappa shape index (κ1) is 15.4. The molecule has 1 fully saturated rings. The number of nitrogens with two attached hydrogens (primary N) is 1. The molecule has 106 valence electrons. The fourth-order valence-electron chi connectivity index (χ4n) is 2.34. The van der Waals surface area contributed by atoms with Gasteiger partial charge in [0.25, 0.3) is 0 Å². The van der Waals surface area contributed by atoms with Crippen LogP contribution in [-0.4, -0.2) is 54.0 Å². The molecule has 18 heavy (non-hydrogen) atoms. The number of hydrogen-bond acceptors (Lipinski definition) is 3. The molecule has 1 aliphatic rings. The molecular weight excluding hydrogens is 226 g/mol. The Bertz CT molecular complexity index is 278. The first-order valence-corrected chi connectivity index (χ1v) is 7.11. The van der Waals surface area contributed by atoms with Crippen LogP contribution < -0.4 is 5.73 Å². The molecule has 0 radical (unpaired) electrons. The van der Waals surface area contributed by atoms with E-state index in [0.29, 0.717) is 12.1 Å². The summed E-state index contributed by atoms with van der Waals surface area (Å²) in [7, 11) is 2.12. The summed E-state index contributed by atoms with van der Waals surface area (Å²) < 4.78 is 0. The summed E-state index contributed by atoms with van der Waals surface area (Å²) in [5, 5.41) is 0. The van der Waals surface area contributed by atoms with Crippen molar-refractivity contribution in [2.24, 2.45) is 11.7 Å². The fraction of sp³-hybridized carbons (Fsp3) is 0.929. The van der Waals surface area contributed by atoms with Crippen molar-refractivity contribution in [3.05, 3.63) is 0 Å². The van der Waals surface area contributed by atoms with E-state index in [4.69, 9.17) is 5.73 Å². The SMILES string of the molecule is CC(C)[C@H](N)C(=O)N1CCCC1CN(C)C(C)C. The Morgan fingerprint density at radius 2 is 2.00 bits per heavy atom. The van der Waals surface area contributed by atoms with E-state index in [0.717, 1.165) is 25.9 Å². The van der Waals surface area contributed by atoms with Crippen LogP contribution in [0, 0.1) is 5.92 Å². The maximum atomic E-state index is 12.3. The topological polar surface area (TPSA) is 49.6 Å². The van der Waals surface area contributed by atoms with Crippen molar-refractivity contribution in [2.45, 2.75) is 58.7 Å². The van der Waals surface area contributed by atoms with Crippen molar-refractivity contribution in [3.8, 4) is 0 Å². The monoisotopic (exact) mass is 255 g/mol. The van der Waals surface area contributed by atoms with E-state index in [1.807, 2.05) is 18.7 Å². The Balaban J connectivity index is 2.62. The molecule has 0 bridgehead atoms. The highest BCUT2D eigenvalue weighted by Crippen LogP contribution is 2.20. The van der Waals surface area contributed by atoms with Crippen LogP contribution in [0.25, 0.3) is 0 Å². The van der Waals surface area contributed by atoms with Gasteiger partial charge in [0.15, 0.2) is 0 Å². The summed E-state index contributed by atoms with van der Waals surface area (Å²) in [6.07, 6.45) is 2.21. The van der Waals surface area contributed by atoms with Crippen molar-refractivity contribution >= 4 is 5.91 Å². The molecule has 0 aromatic carbocycles. The molecule has 1 rings (SSSR count). The van der Waals surface area contributed by atoms with Gasteiger partial charge < -0.3 is 15.5 Å². The van der Waals surface area contributed by atoms with Crippen LogP contribution in [0.3, 0.4) is 0 Å². The number of likely N-dealkylation sites (tertiary alicyclic amines) is 1. The third-order valence-electron chi connectivity index (χ3n) is 4.04. The Morgan fingerprint density at radius 3 is 2.50 bits per heavy atom. The Morgan fingerprint density at radius 1 is 1.39 bits per heavy atom. The number of carbonyl (C=O) groups excluding carboxylic acids is 1. The molecular formula is C14H29N3O. The van der Waals surface area contributed by atoms with Gasteiger partial charge in [-0.2, -0.15) is 0 Å². The molecule has 1 unspecified atom stereocenters. The lowest BCUT2D eigenvalue weighted by molar-refractivity contribution is -0.134. The zero-order valence-electron chi connectivity index (χ0n) is 12.5. The Kier molecular flexibility index (Phi) is 5.60. The van der Waals surface area contributed by atoms with Gasteiger partial charge in [0.1, 0.15) is 0 Å². The van der Waals surface area contributed by atoms with Gasteiger partial charge in [0.05, 0.1) is 6.04 Å². The van der Waals surface area contributed by atoms with E-state index in [1.54, 1.807) is 0 Å².